The van der Waals surface area contributed by atoms with Crippen LogP contribution in [0.25, 0.3) is 33.4 Å². The first-order chi connectivity index (χ1) is 31.6. The molecule has 3 aliphatic heterocycles. The lowest BCUT2D eigenvalue weighted by atomic mass is 9.82. The largest absolute Gasteiger partial charge is 0.465 e. The minimum Gasteiger partial charge on any atom is -0.465 e. The van der Waals surface area contributed by atoms with Gasteiger partial charge in [0, 0.05) is 91.4 Å². The molecule has 13 nitrogen and oxygen atoms in total. The van der Waals surface area contributed by atoms with Crippen molar-refractivity contribution in [3.8, 4) is 22.5 Å². The fourth-order valence-corrected chi connectivity index (χ4v) is 11.7. The van der Waals surface area contributed by atoms with Crippen LogP contribution in [0.5, 0.6) is 0 Å². The number of benzene rings is 1. The molecule has 4 bridgehead atoms. The number of methoxy groups -OCH3 is 1. The number of esters is 1. The Bertz CT molecular complexity index is 2390. The molecule has 358 valence electrons. The topological polar surface area (TPSA) is 137 Å². The van der Waals surface area contributed by atoms with Crippen LogP contribution in [0.4, 0.5) is 0 Å². The van der Waals surface area contributed by atoms with Crippen molar-refractivity contribution in [1.29, 1.82) is 0 Å². The second-order valence-corrected chi connectivity index (χ2v) is 21.2. The highest BCUT2D eigenvalue weighted by molar-refractivity contribution is 7.10. The van der Waals surface area contributed by atoms with Gasteiger partial charge in [-0.2, -0.15) is 0 Å². The molecule has 2 amide bonds. The van der Waals surface area contributed by atoms with E-state index in [1.807, 2.05) is 19.2 Å². The van der Waals surface area contributed by atoms with E-state index in [1.54, 1.807) is 19.1 Å². The van der Waals surface area contributed by atoms with E-state index in [2.05, 4.69) is 86.8 Å². The number of amides is 2. The molecule has 4 aliphatic rings. The van der Waals surface area contributed by atoms with Crippen molar-refractivity contribution in [2.24, 2.45) is 29.1 Å². The van der Waals surface area contributed by atoms with Crippen molar-refractivity contribution < 1.29 is 33.3 Å². The van der Waals surface area contributed by atoms with E-state index in [4.69, 9.17) is 28.9 Å². The molecule has 3 aromatic heterocycles. The van der Waals surface area contributed by atoms with Gasteiger partial charge in [-0.1, -0.05) is 40.7 Å². The number of carbonyl (C=O) groups excluding carboxylic acids is 3. The second kappa shape index (κ2) is 20.2. The summed E-state index contributed by atoms with van der Waals surface area (Å²) in [5.41, 5.74) is 7.77. The van der Waals surface area contributed by atoms with Crippen LogP contribution in [-0.2, 0) is 46.3 Å². The summed E-state index contributed by atoms with van der Waals surface area (Å²) in [5, 5.41) is 6.87. The first-order valence-electron chi connectivity index (χ1n) is 24.4. The van der Waals surface area contributed by atoms with Gasteiger partial charge in [-0.25, -0.2) is 4.98 Å². The molecule has 8 rings (SSSR count). The van der Waals surface area contributed by atoms with E-state index in [1.165, 1.54) is 16.9 Å². The molecule has 1 saturated carbocycles. The Hall–Kier alpha value is -4.21. The Morgan fingerprint density at radius 1 is 1.08 bits per heavy atom. The van der Waals surface area contributed by atoms with Crippen molar-refractivity contribution in [1.82, 2.24) is 29.7 Å². The van der Waals surface area contributed by atoms with Crippen LogP contribution < -0.4 is 5.32 Å². The number of likely N-dealkylation sites (N-methyl/N-ethyl adjacent to an activating group) is 1. The Kier molecular flexibility index (Phi) is 14.7. The van der Waals surface area contributed by atoms with Crippen LogP contribution in [0.1, 0.15) is 121 Å². The minimum absolute atomic E-state index is 0.140. The number of fused-ring (bicyclic) bond motifs is 5. The van der Waals surface area contributed by atoms with Gasteiger partial charge in [0.25, 0.3) is 0 Å². The van der Waals surface area contributed by atoms with Crippen LogP contribution in [0, 0.1) is 29.1 Å². The normalized spacial score (nSPS) is 28.2. The Morgan fingerprint density at radius 3 is 2.59 bits per heavy atom. The number of cyclic esters (lactones) is 1. The maximum Gasteiger partial charge on any atom is 0.308 e. The lowest BCUT2D eigenvalue weighted by Gasteiger charge is -2.42. The zero-order chi connectivity index (χ0) is 47.0. The lowest BCUT2D eigenvalue weighted by Crippen LogP contribution is -2.52. The van der Waals surface area contributed by atoms with Crippen molar-refractivity contribution >= 4 is 40.0 Å². The summed E-state index contributed by atoms with van der Waals surface area (Å²) in [4.78, 5) is 56.5. The van der Waals surface area contributed by atoms with Gasteiger partial charge in [-0.15, -0.1) is 11.3 Å². The number of aromatic nitrogens is 3. The number of thiazole rings is 1. The van der Waals surface area contributed by atoms with Gasteiger partial charge in [-0.3, -0.25) is 24.3 Å². The first-order valence-corrected chi connectivity index (χ1v) is 25.3. The van der Waals surface area contributed by atoms with Crippen LogP contribution >= 0.6 is 11.3 Å². The molecule has 3 fully saturated rings. The molecule has 0 radical (unpaired) electrons. The third kappa shape index (κ3) is 9.86. The van der Waals surface area contributed by atoms with E-state index in [-0.39, 0.29) is 54.2 Å². The number of ether oxygens (including phenoxy) is 4. The zero-order valence-electron chi connectivity index (χ0n) is 40.9. The molecule has 2 saturated heterocycles. The lowest BCUT2D eigenvalue weighted by molar-refractivity contribution is -0.151. The molecule has 1 N–H and O–H groups in total. The summed E-state index contributed by atoms with van der Waals surface area (Å²) in [7, 11) is 3.49. The van der Waals surface area contributed by atoms with Crippen LogP contribution in [0.2, 0.25) is 0 Å². The first kappa shape index (κ1) is 48.3. The van der Waals surface area contributed by atoms with Gasteiger partial charge in [-0.05, 0) is 106 Å². The van der Waals surface area contributed by atoms with E-state index in [9.17, 15) is 14.4 Å². The van der Waals surface area contributed by atoms with Gasteiger partial charge in [0.05, 0.1) is 48.9 Å². The molecule has 0 spiro atoms. The van der Waals surface area contributed by atoms with E-state index >= 15 is 0 Å². The fraction of sp³-hybridized carbons (Fsp3) is 0.635. The monoisotopic (exact) mass is 925 g/mol. The Labute approximate surface area is 395 Å². The SMILES string of the molecule is CCO[C@@H]1c2nc(cs2)-c2ccc3c(c2)c(c(-c2cc([C@@H]4CCN5CCOC[C@@H]5C4)cnc2[C@H](C)OC)n3CC)CC(C)(C)COC(=O)[C@@H](C)CCCN(C)C(=O)[C@H]1NC(=O)C1[C@@H](C)[C@H]1C. The van der Waals surface area contributed by atoms with Crippen molar-refractivity contribution in [2.75, 3.05) is 60.2 Å². The predicted molar refractivity (Wildman–Crippen MR) is 258 cm³/mol. The average molecular weight is 925 g/mol. The van der Waals surface area contributed by atoms with E-state index in [0.29, 0.717) is 55.9 Å². The molecule has 66 heavy (non-hydrogen) atoms. The summed E-state index contributed by atoms with van der Waals surface area (Å²) in [6.07, 6.45) is 4.86. The molecule has 1 unspecified atom stereocenters. The number of rotatable bonds is 9. The Balaban J connectivity index is 1.27. The molecule has 1 aliphatic carbocycles. The summed E-state index contributed by atoms with van der Waals surface area (Å²) in [6, 6.07) is 8.35. The zero-order valence-corrected chi connectivity index (χ0v) is 41.7. The average Bonchev–Trinajstić information content (AvgIpc) is 3.58. The summed E-state index contributed by atoms with van der Waals surface area (Å²) in [5.74, 6) is -0.341. The van der Waals surface area contributed by atoms with Gasteiger partial charge in [0.15, 0.2) is 0 Å². The number of hydrogen-bond donors (Lipinski definition) is 1. The number of nitrogens with zero attached hydrogens (tertiary/aromatic N) is 5. The number of pyridine rings is 1. The number of piperidine rings is 1. The summed E-state index contributed by atoms with van der Waals surface area (Å²) in [6.45, 7) is 21.8. The second-order valence-electron chi connectivity index (χ2n) is 20.3. The highest BCUT2D eigenvalue weighted by Gasteiger charge is 2.50. The van der Waals surface area contributed by atoms with E-state index < -0.39 is 17.6 Å². The molecule has 4 aromatic rings. The molecular formula is C52H72N6O7S. The number of aryl methyl sites for hydroxylation is 1. The molecule has 6 heterocycles. The number of hydrogen-bond acceptors (Lipinski definition) is 11. The maximum absolute atomic E-state index is 14.5. The molecule has 14 heteroatoms. The standard InChI is InChI=1S/C52H72N6O7S/c1-11-58-42-16-15-35-23-38(42)40(46(58)39-24-36(26-53-44(39)33(6)62-10)34-17-19-57-20-21-63-27-37(57)22-34)25-52(7,8)29-65-51(61)30(3)14-13-18-56(9)50(60)45(55-48(59)43-31(4)32(43)5)47(64-12-2)49-54-41(35)28-66-49/h15-16,23-24,26,28,30-34,37,43,45,47H,11-14,17-22,25,27,29H2,1-10H3,(H,55,59)/t30-,31-,32+,33-,34+,37-,43?,45-,47-/m0/s1. The quantitative estimate of drug-likeness (QED) is 0.163. The predicted octanol–water partition coefficient (Wildman–Crippen LogP) is 8.60. The van der Waals surface area contributed by atoms with Crippen LogP contribution in [-0.4, -0.2) is 114 Å². The van der Waals surface area contributed by atoms with E-state index in [0.717, 1.165) is 83.8 Å². The minimum atomic E-state index is -0.983. The highest BCUT2D eigenvalue weighted by atomic mass is 32.1. The van der Waals surface area contributed by atoms with Crippen LogP contribution in [0.15, 0.2) is 35.8 Å². The third-order valence-corrected chi connectivity index (χ3v) is 16.0. The van der Waals surface area contributed by atoms with Crippen molar-refractivity contribution in [3.05, 3.63) is 57.7 Å². The van der Waals surface area contributed by atoms with Gasteiger partial charge >= 0.3 is 5.97 Å². The molecular weight excluding hydrogens is 853 g/mol. The molecule has 1 aromatic carbocycles. The van der Waals surface area contributed by atoms with Gasteiger partial charge in [0.1, 0.15) is 17.2 Å². The fourth-order valence-electron chi connectivity index (χ4n) is 10.7. The number of carbonyl (C=O) groups is 3. The smallest absolute Gasteiger partial charge is 0.308 e. The number of morpholine rings is 1. The summed E-state index contributed by atoms with van der Waals surface area (Å²) >= 11 is 1.44. The highest BCUT2D eigenvalue weighted by Crippen LogP contribution is 2.47. The van der Waals surface area contributed by atoms with Crippen molar-refractivity contribution in [3.63, 3.8) is 0 Å². The number of nitrogens with one attached hydrogen (secondary N) is 1. The third-order valence-electron chi connectivity index (χ3n) is 15.1. The van der Waals surface area contributed by atoms with Crippen LogP contribution in [0.3, 0.4) is 0 Å². The molecule has 9 atom stereocenters. The van der Waals surface area contributed by atoms with Gasteiger partial charge in [0.2, 0.25) is 11.8 Å². The maximum atomic E-state index is 14.5. The van der Waals surface area contributed by atoms with Crippen molar-refractivity contribution in [2.45, 2.75) is 124 Å². The van der Waals surface area contributed by atoms with Gasteiger partial charge < -0.3 is 33.7 Å². The summed E-state index contributed by atoms with van der Waals surface area (Å²) < 4.78 is 26.9. The Morgan fingerprint density at radius 2 is 1.86 bits per heavy atom.